The van der Waals surface area contributed by atoms with Crippen molar-refractivity contribution >= 4 is 34.6 Å². The molecule has 4 rings (SSSR count). The zero-order valence-electron chi connectivity index (χ0n) is 16.9. The zero-order valence-corrected chi connectivity index (χ0v) is 16.9. The second-order valence-electron chi connectivity index (χ2n) is 6.69. The summed E-state index contributed by atoms with van der Waals surface area (Å²) in [6.45, 7) is 0. The number of nitrogens with two attached hydrogens (primary N) is 1. The molecular formula is C23H20FN7O. The fourth-order valence-electron chi connectivity index (χ4n) is 2.91. The average Bonchev–Trinajstić information content (AvgIpc) is 2.84. The first kappa shape index (κ1) is 20.6. The molecular weight excluding hydrogens is 409 g/mol. The third kappa shape index (κ3) is 4.73. The summed E-state index contributed by atoms with van der Waals surface area (Å²) < 4.78 is 13.1. The number of anilines is 5. The van der Waals surface area contributed by atoms with Gasteiger partial charge in [-0.15, -0.1) is 0 Å². The lowest BCUT2D eigenvalue weighted by molar-refractivity contribution is 0.0962. The molecule has 9 heteroatoms. The summed E-state index contributed by atoms with van der Waals surface area (Å²) in [6.07, 6.45) is 1.32. The van der Waals surface area contributed by atoms with E-state index in [-0.39, 0.29) is 17.1 Å². The third-order valence-electron chi connectivity index (χ3n) is 4.53. The number of aromatic nitrogens is 2. The smallest absolute Gasteiger partial charge is 0.269 e. The van der Waals surface area contributed by atoms with Gasteiger partial charge in [-0.3, -0.25) is 26.1 Å². The van der Waals surface area contributed by atoms with Crippen LogP contribution < -0.4 is 27.0 Å². The Labute approximate surface area is 183 Å². The van der Waals surface area contributed by atoms with Crippen molar-refractivity contribution in [1.29, 1.82) is 0 Å². The first-order valence-electron chi connectivity index (χ1n) is 9.71. The number of hydrogen-bond donors (Lipinski definition) is 4. The second kappa shape index (κ2) is 9.43. The summed E-state index contributed by atoms with van der Waals surface area (Å²) in [6, 6.07) is 24.5. The molecule has 0 aliphatic carbocycles. The van der Waals surface area contributed by atoms with Crippen molar-refractivity contribution in [2.45, 2.75) is 0 Å². The van der Waals surface area contributed by atoms with E-state index in [2.05, 4.69) is 26.2 Å². The quantitative estimate of drug-likeness (QED) is 0.327. The SMILES string of the molecule is Nc1c(NNC(=O)c2ccc(F)cc2)ncnc1NN(c1ccccc1)c1ccccc1. The van der Waals surface area contributed by atoms with Gasteiger partial charge in [-0.2, -0.15) is 0 Å². The van der Waals surface area contributed by atoms with Crippen LogP contribution >= 0.6 is 0 Å². The number of nitrogen functional groups attached to an aromatic ring is 1. The molecule has 5 N–H and O–H groups in total. The van der Waals surface area contributed by atoms with Crippen LogP contribution in [-0.4, -0.2) is 15.9 Å². The number of hydrogen-bond acceptors (Lipinski definition) is 7. The van der Waals surface area contributed by atoms with Gasteiger partial charge in [-0.25, -0.2) is 14.4 Å². The van der Waals surface area contributed by atoms with Crippen LogP contribution in [-0.2, 0) is 0 Å². The van der Waals surface area contributed by atoms with Gasteiger partial charge in [0.05, 0.1) is 11.4 Å². The van der Waals surface area contributed by atoms with Crippen LogP contribution in [0.5, 0.6) is 0 Å². The van der Waals surface area contributed by atoms with Crippen molar-refractivity contribution < 1.29 is 9.18 Å². The third-order valence-corrected chi connectivity index (χ3v) is 4.53. The molecule has 0 saturated carbocycles. The van der Waals surface area contributed by atoms with Crippen molar-refractivity contribution in [3.8, 4) is 0 Å². The van der Waals surface area contributed by atoms with E-state index < -0.39 is 11.7 Å². The number of nitrogens with one attached hydrogen (secondary N) is 3. The Kier molecular flexibility index (Phi) is 6.08. The van der Waals surface area contributed by atoms with Gasteiger partial charge in [-0.1, -0.05) is 36.4 Å². The van der Waals surface area contributed by atoms with Crippen LogP contribution in [0, 0.1) is 5.82 Å². The molecule has 0 atom stereocenters. The number of hydrazine groups is 2. The van der Waals surface area contributed by atoms with Gasteiger partial charge in [0.2, 0.25) is 0 Å². The Hall–Kier alpha value is -4.66. The van der Waals surface area contributed by atoms with Crippen molar-refractivity contribution in [2.75, 3.05) is 21.6 Å². The fraction of sp³-hybridized carbons (Fsp3) is 0. The summed E-state index contributed by atoms with van der Waals surface area (Å²) >= 11 is 0. The molecule has 8 nitrogen and oxygen atoms in total. The van der Waals surface area contributed by atoms with Crippen molar-refractivity contribution in [3.05, 3.63) is 103 Å². The molecule has 0 radical (unpaired) electrons. The van der Waals surface area contributed by atoms with E-state index in [1.54, 1.807) is 0 Å². The number of halogens is 1. The Balaban J connectivity index is 1.54. The maximum atomic E-state index is 13.1. The topological polar surface area (TPSA) is 108 Å². The van der Waals surface area contributed by atoms with Gasteiger partial charge in [0, 0.05) is 5.56 Å². The summed E-state index contributed by atoms with van der Waals surface area (Å²) in [5, 5.41) is 1.83. The lowest BCUT2D eigenvalue weighted by Crippen LogP contribution is -2.31. The van der Waals surface area contributed by atoms with Crippen LogP contribution in [0.4, 0.5) is 33.1 Å². The summed E-state index contributed by atoms with van der Waals surface area (Å²) in [5.41, 5.74) is 16.9. The molecule has 0 aliphatic heterocycles. The van der Waals surface area contributed by atoms with E-state index in [1.807, 2.05) is 65.7 Å². The summed E-state index contributed by atoms with van der Waals surface area (Å²) in [4.78, 5) is 20.6. The highest BCUT2D eigenvalue weighted by atomic mass is 19.1. The van der Waals surface area contributed by atoms with Crippen molar-refractivity contribution in [2.24, 2.45) is 0 Å². The van der Waals surface area contributed by atoms with Gasteiger partial charge in [0.25, 0.3) is 5.91 Å². The molecule has 1 aromatic heterocycles. The van der Waals surface area contributed by atoms with E-state index in [0.29, 0.717) is 5.82 Å². The maximum absolute atomic E-state index is 13.1. The first-order chi connectivity index (χ1) is 15.6. The minimum atomic E-state index is -0.465. The molecule has 3 aromatic carbocycles. The largest absolute Gasteiger partial charge is 0.393 e. The lowest BCUT2D eigenvalue weighted by atomic mass is 10.2. The van der Waals surface area contributed by atoms with Crippen LogP contribution in [0.3, 0.4) is 0 Å². The van der Waals surface area contributed by atoms with E-state index in [1.165, 1.54) is 30.6 Å². The van der Waals surface area contributed by atoms with Gasteiger partial charge in [-0.05, 0) is 48.5 Å². The molecule has 0 fully saturated rings. The van der Waals surface area contributed by atoms with Gasteiger partial charge in [0.15, 0.2) is 11.6 Å². The molecule has 1 heterocycles. The number of benzene rings is 3. The standard InChI is InChI=1S/C23H20FN7O/c24-17-13-11-16(12-14-17)23(32)29-28-21-20(25)22(27-15-26-21)30-31(18-7-3-1-4-8-18)19-9-5-2-6-10-19/h1-15H,25H2,(H,29,32)(H2,26,27,28,30). The predicted octanol–water partition coefficient (Wildman–Crippen LogP) is 4.12. The predicted molar refractivity (Wildman–Crippen MR) is 123 cm³/mol. The molecule has 0 unspecified atom stereocenters. The second-order valence-corrected chi connectivity index (χ2v) is 6.69. The summed E-state index contributed by atoms with van der Waals surface area (Å²) in [7, 11) is 0. The Bertz CT molecular complexity index is 1150. The number of carbonyl (C=O) groups excluding carboxylic acids is 1. The Morgan fingerprint density at radius 1 is 0.812 bits per heavy atom. The number of nitrogens with zero attached hydrogens (tertiary/aromatic N) is 3. The van der Waals surface area contributed by atoms with Crippen molar-refractivity contribution in [1.82, 2.24) is 15.4 Å². The molecule has 1 amide bonds. The highest BCUT2D eigenvalue weighted by Gasteiger charge is 2.15. The Morgan fingerprint density at radius 3 is 1.97 bits per heavy atom. The molecule has 0 bridgehead atoms. The monoisotopic (exact) mass is 429 g/mol. The van der Waals surface area contributed by atoms with Crippen LogP contribution in [0.15, 0.2) is 91.3 Å². The number of rotatable bonds is 7. The average molecular weight is 429 g/mol. The van der Waals surface area contributed by atoms with E-state index in [4.69, 9.17) is 5.73 Å². The number of amides is 1. The maximum Gasteiger partial charge on any atom is 0.269 e. The zero-order chi connectivity index (χ0) is 22.3. The highest BCUT2D eigenvalue weighted by molar-refractivity contribution is 5.95. The van der Waals surface area contributed by atoms with Gasteiger partial charge >= 0.3 is 0 Å². The van der Waals surface area contributed by atoms with Gasteiger partial charge < -0.3 is 5.73 Å². The molecule has 0 aliphatic rings. The molecule has 32 heavy (non-hydrogen) atoms. The first-order valence-corrected chi connectivity index (χ1v) is 9.71. The highest BCUT2D eigenvalue weighted by Crippen LogP contribution is 2.29. The van der Waals surface area contributed by atoms with E-state index in [9.17, 15) is 9.18 Å². The minimum absolute atomic E-state index is 0.198. The van der Waals surface area contributed by atoms with Crippen LogP contribution in [0.1, 0.15) is 10.4 Å². The van der Waals surface area contributed by atoms with Crippen molar-refractivity contribution in [3.63, 3.8) is 0 Å². The van der Waals surface area contributed by atoms with Crippen LogP contribution in [0.2, 0.25) is 0 Å². The molecule has 0 spiro atoms. The number of carbonyl (C=O) groups is 1. The van der Waals surface area contributed by atoms with E-state index >= 15 is 0 Å². The normalized spacial score (nSPS) is 10.3. The Morgan fingerprint density at radius 2 is 1.38 bits per heavy atom. The lowest BCUT2D eigenvalue weighted by Gasteiger charge is -2.26. The van der Waals surface area contributed by atoms with Gasteiger partial charge in [0.1, 0.15) is 17.8 Å². The fourth-order valence-corrected chi connectivity index (χ4v) is 2.91. The molecule has 0 saturated heterocycles. The van der Waals surface area contributed by atoms with E-state index in [0.717, 1.165) is 11.4 Å². The molecule has 4 aromatic rings. The minimum Gasteiger partial charge on any atom is -0.393 e. The summed E-state index contributed by atoms with van der Waals surface area (Å²) in [5.74, 6) is -0.343. The molecule has 160 valence electrons. The van der Waals surface area contributed by atoms with Crippen LogP contribution in [0.25, 0.3) is 0 Å². The number of para-hydroxylation sites is 2.